The first kappa shape index (κ1) is 21.6. The molecule has 9 nitrogen and oxygen atoms in total. The molecule has 0 saturated carbocycles. The molecule has 0 aliphatic carbocycles. The van der Waals surface area contributed by atoms with Gasteiger partial charge in [0.1, 0.15) is 22.9 Å². The summed E-state index contributed by atoms with van der Waals surface area (Å²) in [5.41, 5.74) is 12.6. The van der Waals surface area contributed by atoms with Crippen LogP contribution in [-0.4, -0.2) is 53.8 Å². The molecular formula is C22H23N5O4. The number of anilines is 1. The highest BCUT2D eigenvalue weighted by Gasteiger charge is 2.31. The number of ether oxygens (including phenoxy) is 2. The summed E-state index contributed by atoms with van der Waals surface area (Å²) in [4.78, 5) is 25.7. The van der Waals surface area contributed by atoms with Crippen LogP contribution < -0.4 is 20.9 Å². The molecule has 2 amide bonds. The normalized spacial score (nSPS) is 14.8. The van der Waals surface area contributed by atoms with Crippen molar-refractivity contribution in [1.29, 1.82) is 0 Å². The van der Waals surface area contributed by atoms with Crippen molar-refractivity contribution in [1.82, 2.24) is 14.7 Å². The van der Waals surface area contributed by atoms with E-state index in [2.05, 4.69) is 28.8 Å². The molecule has 1 saturated heterocycles. The Balaban J connectivity index is 1.95. The second-order valence-electron chi connectivity index (χ2n) is 6.84. The lowest BCUT2D eigenvalue weighted by Gasteiger charge is -2.14. The van der Waals surface area contributed by atoms with Gasteiger partial charge in [0.2, 0.25) is 0 Å². The van der Waals surface area contributed by atoms with Gasteiger partial charge >= 0.3 is 0 Å². The number of hydrogen-bond acceptors (Lipinski definition) is 6. The van der Waals surface area contributed by atoms with Crippen molar-refractivity contribution in [2.75, 3.05) is 33.0 Å². The van der Waals surface area contributed by atoms with E-state index < -0.39 is 5.91 Å². The third-order valence-corrected chi connectivity index (χ3v) is 4.90. The fourth-order valence-electron chi connectivity index (χ4n) is 3.38. The summed E-state index contributed by atoms with van der Waals surface area (Å²) in [7, 11) is 3.09. The number of carbonyl (C=O) groups is 2. The smallest absolute Gasteiger partial charge is 0.298 e. The number of rotatable bonds is 4. The van der Waals surface area contributed by atoms with E-state index in [0.717, 1.165) is 0 Å². The highest BCUT2D eigenvalue weighted by molar-refractivity contribution is 5.99. The minimum absolute atomic E-state index is 0.0560. The molecule has 9 heteroatoms. The van der Waals surface area contributed by atoms with E-state index >= 15 is 0 Å². The summed E-state index contributed by atoms with van der Waals surface area (Å²) in [5.74, 6) is 11.3. The minimum atomic E-state index is -0.723. The molecule has 0 radical (unpaired) electrons. The highest BCUT2D eigenvalue weighted by atomic mass is 16.5. The first-order valence-electron chi connectivity index (χ1n) is 9.52. The molecule has 1 aliphatic heterocycles. The Morgan fingerprint density at radius 1 is 1.16 bits per heavy atom. The van der Waals surface area contributed by atoms with Crippen LogP contribution in [0, 0.1) is 23.7 Å². The Bertz CT molecular complexity index is 1120. The molecule has 31 heavy (non-hydrogen) atoms. The van der Waals surface area contributed by atoms with Crippen molar-refractivity contribution >= 4 is 17.6 Å². The van der Waals surface area contributed by atoms with Gasteiger partial charge in [0, 0.05) is 24.7 Å². The van der Waals surface area contributed by atoms with Crippen molar-refractivity contribution in [3.63, 3.8) is 0 Å². The van der Waals surface area contributed by atoms with Gasteiger partial charge in [-0.2, -0.15) is 5.10 Å². The summed E-state index contributed by atoms with van der Waals surface area (Å²) in [6.45, 7) is 2.52. The molecule has 3 rings (SSSR count). The summed E-state index contributed by atoms with van der Waals surface area (Å²) in [5, 5.41) is 4.43. The topological polar surface area (TPSA) is 126 Å². The number of likely N-dealkylation sites (tertiary alicyclic amines) is 1. The molecule has 1 aliphatic rings. The van der Waals surface area contributed by atoms with Gasteiger partial charge in [-0.15, -0.1) is 0 Å². The molecule has 4 N–H and O–H groups in total. The maximum Gasteiger partial charge on any atom is 0.298 e. The third kappa shape index (κ3) is 4.57. The van der Waals surface area contributed by atoms with Crippen LogP contribution in [0.5, 0.6) is 11.5 Å². The Morgan fingerprint density at radius 2 is 1.84 bits per heavy atom. The van der Waals surface area contributed by atoms with E-state index in [1.165, 1.54) is 4.68 Å². The largest absolute Gasteiger partial charge is 0.497 e. The summed E-state index contributed by atoms with van der Waals surface area (Å²) in [6, 6.07) is 4.99. The van der Waals surface area contributed by atoms with Crippen molar-refractivity contribution in [2.24, 2.45) is 5.73 Å². The molecule has 1 aromatic heterocycles. The number of methoxy groups -OCH3 is 2. The number of nitrogen functional groups attached to an aromatic ring is 1. The average molecular weight is 421 g/mol. The molecule has 1 atom stereocenters. The van der Waals surface area contributed by atoms with Gasteiger partial charge in [0.05, 0.1) is 20.3 Å². The van der Waals surface area contributed by atoms with Crippen molar-refractivity contribution in [3.05, 3.63) is 35.0 Å². The maximum absolute atomic E-state index is 12.0. The van der Waals surface area contributed by atoms with Crippen LogP contribution in [0.1, 0.15) is 41.0 Å². The van der Waals surface area contributed by atoms with E-state index in [0.29, 0.717) is 36.6 Å². The van der Waals surface area contributed by atoms with Gasteiger partial charge in [-0.1, -0.05) is 11.8 Å². The number of nitrogens with zero attached hydrogens (tertiary/aromatic N) is 3. The Morgan fingerprint density at radius 3 is 2.42 bits per heavy atom. The van der Waals surface area contributed by atoms with Gasteiger partial charge in [-0.25, -0.2) is 4.68 Å². The van der Waals surface area contributed by atoms with Crippen molar-refractivity contribution < 1.29 is 19.1 Å². The second-order valence-corrected chi connectivity index (χ2v) is 6.84. The Labute approximate surface area is 180 Å². The van der Waals surface area contributed by atoms with E-state index in [-0.39, 0.29) is 29.0 Å². The van der Waals surface area contributed by atoms with Gasteiger partial charge in [0.25, 0.3) is 11.8 Å². The van der Waals surface area contributed by atoms with Crippen molar-refractivity contribution in [2.45, 2.75) is 19.4 Å². The zero-order chi connectivity index (χ0) is 22.5. The van der Waals surface area contributed by atoms with Crippen molar-refractivity contribution in [3.8, 4) is 35.2 Å². The number of hydrogen-bond donors (Lipinski definition) is 2. The van der Waals surface area contributed by atoms with Gasteiger partial charge in [-0.3, -0.25) is 9.59 Å². The van der Waals surface area contributed by atoms with Crippen LogP contribution in [0.15, 0.2) is 18.2 Å². The van der Waals surface area contributed by atoms with Gasteiger partial charge < -0.3 is 25.8 Å². The van der Waals surface area contributed by atoms with E-state index in [9.17, 15) is 9.59 Å². The van der Waals surface area contributed by atoms with E-state index in [1.54, 1.807) is 44.2 Å². The maximum atomic E-state index is 12.0. The molecule has 1 aromatic carbocycles. The van der Waals surface area contributed by atoms with Crippen LogP contribution in [0.2, 0.25) is 0 Å². The fraction of sp³-hybridized carbons (Fsp3) is 0.318. The van der Waals surface area contributed by atoms with Gasteiger partial charge in [0.15, 0.2) is 5.69 Å². The second kappa shape index (κ2) is 9.14. The fourth-order valence-corrected chi connectivity index (χ4v) is 3.38. The highest BCUT2D eigenvalue weighted by Crippen LogP contribution is 2.27. The predicted octanol–water partition coefficient (Wildman–Crippen LogP) is 0.778. The van der Waals surface area contributed by atoms with E-state index in [1.807, 2.05) is 0 Å². The SMILES string of the molecule is CC#CC(=O)N1CC[C@H](n2nc(C#Cc3cc(OC)cc(OC)c3)c(C(N)=O)c2N)C1. The van der Waals surface area contributed by atoms with Crippen LogP contribution in [0.4, 0.5) is 5.82 Å². The summed E-state index contributed by atoms with van der Waals surface area (Å²) < 4.78 is 12.0. The zero-order valence-electron chi connectivity index (χ0n) is 17.6. The predicted molar refractivity (Wildman–Crippen MR) is 114 cm³/mol. The Kier molecular flexibility index (Phi) is 6.37. The lowest BCUT2D eigenvalue weighted by molar-refractivity contribution is -0.124. The van der Waals surface area contributed by atoms with E-state index in [4.69, 9.17) is 20.9 Å². The first-order chi connectivity index (χ1) is 14.9. The number of aromatic nitrogens is 2. The Hall–Kier alpha value is -4.11. The molecule has 160 valence electrons. The molecule has 0 spiro atoms. The molecule has 2 heterocycles. The number of primary amides is 1. The van der Waals surface area contributed by atoms with Crippen LogP contribution in [-0.2, 0) is 4.79 Å². The molecule has 0 unspecified atom stereocenters. The third-order valence-electron chi connectivity index (χ3n) is 4.90. The molecule has 0 bridgehead atoms. The van der Waals surface area contributed by atoms with Crippen LogP contribution >= 0.6 is 0 Å². The molecular weight excluding hydrogens is 398 g/mol. The average Bonchev–Trinajstić information content (AvgIpc) is 3.36. The minimum Gasteiger partial charge on any atom is -0.497 e. The number of nitrogens with two attached hydrogens (primary N) is 2. The standard InChI is InChI=1S/C22H23N5O4/c1-4-5-19(28)26-9-8-15(13-26)27-21(23)20(22(24)29)18(25-27)7-6-14-10-16(30-2)12-17(11-14)31-3/h10-12,15H,8-9,13,23H2,1-3H3,(H2,24,29)/t15-/m0/s1. The lowest BCUT2D eigenvalue weighted by atomic mass is 10.1. The number of benzene rings is 1. The number of carbonyl (C=O) groups excluding carboxylic acids is 2. The quantitative estimate of drug-likeness (QED) is 0.703. The zero-order valence-corrected chi connectivity index (χ0v) is 17.6. The number of amides is 2. The molecule has 2 aromatic rings. The lowest BCUT2D eigenvalue weighted by Crippen LogP contribution is -2.28. The van der Waals surface area contributed by atoms with Crippen LogP contribution in [0.3, 0.4) is 0 Å². The summed E-state index contributed by atoms with van der Waals surface area (Å²) >= 11 is 0. The van der Waals surface area contributed by atoms with Gasteiger partial charge in [-0.05, 0) is 37.3 Å². The van der Waals surface area contributed by atoms with Crippen LogP contribution in [0.25, 0.3) is 0 Å². The monoisotopic (exact) mass is 421 g/mol. The first-order valence-corrected chi connectivity index (χ1v) is 9.52. The molecule has 1 fully saturated rings. The summed E-state index contributed by atoms with van der Waals surface area (Å²) in [6.07, 6.45) is 0.626.